The molecule has 22 heavy (non-hydrogen) atoms. The smallest absolute Gasteiger partial charge is 0.299 e. The summed E-state index contributed by atoms with van der Waals surface area (Å²) in [6.45, 7) is 1.74. The van der Waals surface area contributed by atoms with Crippen LogP contribution in [0.15, 0.2) is 40.9 Å². The van der Waals surface area contributed by atoms with E-state index in [-0.39, 0.29) is 12.8 Å². The first kappa shape index (κ1) is 15.8. The summed E-state index contributed by atoms with van der Waals surface area (Å²) in [5.74, 6) is -1.13. The van der Waals surface area contributed by atoms with Gasteiger partial charge in [-0.2, -0.15) is 13.2 Å². The summed E-state index contributed by atoms with van der Waals surface area (Å²) >= 11 is 3.53. The zero-order valence-corrected chi connectivity index (χ0v) is 13.6. The first-order valence-electron chi connectivity index (χ1n) is 7.40. The maximum Gasteiger partial charge on any atom is 0.391 e. The molecule has 1 heterocycles. The van der Waals surface area contributed by atoms with Crippen LogP contribution in [0.5, 0.6) is 0 Å². The van der Waals surface area contributed by atoms with Crippen LogP contribution in [-0.2, 0) is 6.54 Å². The van der Waals surface area contributed by atoms with E-state index >= 15 is 0 Å². The lowest BCUT2D eigenvalue weighted by molar-refractivity contribution is -0.185. The van der Waals surface area contributed by atoms with Crippen molar-refractivity contribution in [2.24, 2.45) is 5.92 Å². The molecule has 1 saturated heterocycles. The van der Waals surface area contributed by atoms with Crippen molar-refractivity contribution in [2.75, 3.05) is 13.1 Å². The predicted molar refractivity (Wildman–Crippen MR) is 85.7 cm³/mol. The maximum absolute atomic E-state index is 12.7. The van der Waals surface area contributed by atoms with Crippen LogP contribution in [-0.4, -0.2) is 24.2 Å². The number of fused-ring (bicyclic) bond motifs is 1. The lowest BCUT2D eigenvalue weighted by Crippen LogP contribution is -2.38. The molecule has 0 aliphatic carbocycles. The summed E-state index contributed by atoms with van der Waals surface area (Å²) in [4.78, 5) is 2.11. The molecule has 1 aliphatic heterocycles. The first-order chi connectivity index (χ1) is 10.4. The Morgan fingerprint density at radius 3 is 2.50 bits per heavy atom. The zero-order valence-electron chi connectivity index (χ0n) is 12.0. The number of benzene rings is 2. The minimum atomic E-state index is -4.04. The highest BCUT2D eigenvalue weighted by Gasteiger charge is 2.40. The van der Waals surface area contributed by atoms with Gasteiger partial charge in [0, 0.05) is 11.0 Å². The molecule has 118 valence electrons. The highest BCUT2D eigenvalue weighted by Crippen LogP contribution is 2.34. The second-order valence-corrected chi connectivity index (χ2v) is 6.74. The van der Waals surface area contributed by atoms with Crippen molar-refractivity contribution >= 4 is 26.7 Å². The molecule has 1 nitrogen and oxygen atoms in total. The van der Waals surface area contributed by atoms with Gasteiger partial charge in [-0.1, -0.05) is 40.2 Å². The first-order valence-corrected chi connectivity index (χ1v) is 8.19. The highest BCUT2D eigenvalue weighted by atomic mass is 79.9. The van der Waals surface area contributed by atoms with Crippen molar-refractivity contribution in [3.05, 3.63) is 46.4 Å². The van der Waals surface area contributed by atoms with Gasteiger partial charge in [0.1, 0.15) is 0 Å². The molecule has 5 heteroatoms. The van der Waals surface area contributed by atoms with Gasteiger partial charge in [0.25, 0.3) is 0 Å². The third-order valence-corrected chi connectivity index (χ3v) is 5.04. The number of likely N-dealkylation sites (tertiary alicyclic amines) is 1. The highest BCUT2D eigenvalue weighted by molar-refractivity contribution is 9.10. The Morgan fingerprint density at radius 1 is 1.09 bits per heavy atom. The minimum absolute atomic E-state index is 0.211. The number of hydrogen-bond donors (Lipinski definition) is 0. The van der Waals surface area contributed by atoms with E-state index in [1.54, 1.807) is 0 Å². The molecule has 1 fully saturated rings. The van der Waals surface area contributed by atoms with Crippen LogP contribution in [0.25, 0.3) is 10.8 Å². The van der Waals surface area contributed by atoms with Gasteiger partial charge in [-0.3, -0.25) is 4.90 Å². The van der Waals surface area contributed by atoms with Crippen molar-refractivity contribution in [3.63, 3.8) is 0 Å². The molecule has 0 spiro atoms. The Morgan fingerprint density at radius 2 is 1.82 bits per heavy atom. The molecule has 0 unspecified atom stereocenters. The van der Waals surface area contributed by atoms with Gasteiger partial charge in [-0.05, 0) is 54.4 Å². The second kappa shape index (κ2) is 6.20. The zero-order chi connectivity index (χ0) is 15.7. The molecule has 0 amide bonds. The normalized spacial score (nSPS) is 18.0. The van der Waals surface area contributed by atoms with Crippen LogP contribution >= 0.6 is 15.9 Å². The fourth-order valence-corrected chi connectivity index (χ4v) is 3.58. The fraction of sp³-hybridized carbons (Fsp3) is 0.412. The molecule has 1 aliphatic rings. The van der Waals surface area contributed by atoms with Gasteiger partial charge in [0.05, 0.1) is 5.92 Å². The number of hydrogen-bond acceptors (Lipinski definition) is 1. The van der Waals surface area contributed by atoms with Crippen molar-refractivity contribution in [1.29, 1.82) is 0 Å². The van der Waals surface area contributed by atoms with E-state index in [4.69, 9.17) is 0 Å². The van der Waals surface area contributed by atoms with Crippen molar-refractivity contribution < 1.29 is 13.2 Å². The van der Waals surface area contributed by atoms with Gasteiger partial charge in [-0.25, -0.2) is 0 Å². The molecule has 2 aromatic rings. The quantitative estimate of drug-likeness (QED) is 0.685. The number of alkyl halides is 3. The maximum atomic E-state index is 12.7. The Labute approximate surface area is 136 Å². The standard InChI is InChI=1S/C17H17BrF3N/c18-16-3-1-2-13-10-12(4-5-15(13)16)11-22-8-6-14(7-9-22)17(19,20)21/h1-5,10,14H,6-9,11H2. The topological polar surface area (TPSA) is 3.24 Å². The summed E-state index contributed by atoms with van der Waals surface area (Å²) in [6, 6.07) is 12.3. The van der Waals surface area contributed by atoms with Crippen LogP contribution < -0.4 is 0 Å². The summed E-state index contributed by atoms with van der Waals surface area (Å²) in [6.07, 6.45) is -3.62. The lowest BCUT2D eigenvalue weighted by atomic mass is 9.96. The van der Waals surface area contributed by atoms with Crippen LogP contribution in [0.3, 0.4) is 0 Å². The average Bonchev–Trinajstić information content (AvgIpc) is 2.47. The molecule has 0 N–H and O–H groups in total. The molecule has 0 radical (unpaired) electrons. The van der Waals surface area contributed by atoms with Crippen LogP contribution in [0.1, 0.15) is 18.4 Å². The third-order valence-electron chi connectivity index (χ3n) is 4.35. The van der Waals surface area contributed by atoms with E-state index in [1.807, 2.05) is 12.1 Å². The summed E-state index contributed by atoms with van der Waals surface area (Å²) < 4.78 is 39.1. The largest absolute Gasteiger partial charge is 0.391 e. The molecular weight excluding hydrogens is 355 g/mol. The van der Waals surface area contributed by atoms with Gasteiger partial charge >= 0.3 is 6.18 Å². The Kier molecular flexibility index (Phi) is 4.46. The summed E-state index contributed by atoms with van der Waals surface area (Å²) in [5, 5.41) is 2.30. The minimum Gasteiger partial charge on any atom is -0.299 e. The van der Waals surface area contributed by atoms with Crippen molar-refractivity contribution in [1.82, 2.24) is 4.90 Å². The Bertz CT molecular complexity index is 660. The van der Waals surface area contributed by atoms with E-state index in [0.717, 1.165) is 20.8 Å². The predicted octanol–water partition coefficient (Wildman–Crippen LogP) is 5.38. The molecule has 0 atom stereocenters. The number of halogens is 4. The van der Waals surface area contributed by atoms with E-state index in [0.29, 0.717) is 19.6 Å². The summed E-state index contributed by atoms with van der Waals surface area (Å²) in [7, 11) is 0. The monoisotopic (exact) mass is 371 g/mol. The van der Waals surface area contributed by atoms with Gasteiger partial charge in [-0.15, -0.1) is 0 Å². The lowest BCUT2D eigenvalue weighted by Gasteiger charge is -2.32. The number of rotatable bonds is 2. The van der Waals surface area contributed by atoms with E-state index in [2.05, 4.69) is 45.1 Å². The fourth-order valence-electron chi connectivity index (χ4n) is 3.07. The van der Waals surface area contributed by atoms with Crippen molar-refractivity contribution in [2.45, 2.75) is 25.6 Å². The average molecular weight is 372 g/mol. The van der Waals surface area contributed by atoms with Crippen molar-refractivity contribution in [3.8, 4) is 0 Å². The molecule has 2 aromatic carbocycles. The van der Waals surface area contributed by atoms with E-state index in [1.165, 1.54) is 0 Å². The molecule has 3 rings (SSSR count). The number of piperidine rings is 1. The van der Waals surface area contributed by atoms with Gasteiger partial charge in [0.15, 0.2) is 0 Å². The van der Waals surface area contributed by atoms with Crippen LogP contribution in [0.2, 0.25) is 0 Å². The van der Waals surface area contributed by atoms with Crippen LogP contribution in [0, 0.1) is 5.92 Å². The Balaban J connectivity index is 1.67. The molecule has 0 saturated carbocycles. The molecule has 0 aromatic heterocycles. The van der Waals surface area contributed by atoms with E-state index in [9.17, 15) is 13.2 Å². The summed E-state index contributed by atoms with van der Waals surface area (Å²) in [5.41, 5.74) is 1.15. The SMILES string of the molecule is FC(F)(F)C1CCN(Cc2ccc3c(Br)cccc3c2)CC1. The second-order valence-electron chi connectivity index (χ2n) is 5.89. The van der Waals surface area contributed by atoms with E-state index < -0.39 is 12.1 Å². The Hall–Kier alpha value is -1.07. The number of nitrogens with zero attached hydrogens (tertiary/aromatic N) is 1. The molecular formula is C17H17BrF3N. The van der Waals surface area contributed by atoms with Gasteiger partial charge < -0.3 is 0 Å². The third kappa shape index (κ3) is 3.46. The van der Waals surface area contributed by atoms with Gasteiger partial charge in [0.2, 0.25) is 0 Å². The van der Waals surface area contributed by atoms with Crippen LogP contribution in [0.4, 0.5) is 13.2 Å². The molecule has 0 bridgehead atoms.